The fourth-order valence-corrected chi connectivity index (χ4v) is 2.90. The van der Waals surface area contributed by atoms with Crippen molar-refractivity contribution >= 4 is 17.3 Å². The van der Waals surface area contributed by atoms with Gasteiger partial charge in [-0.25, -0.2) is 0 Å². The fraction of sp³-hybridized carbons (Fsp3) is 0.600. The van der Waals surface area contributed by atoms with Crippen molar-refractivity contribution in [3.8, 4) is 0 Å². The molecule has 3 heteroatoms. The van der Waals surface area contributed by atoms with Crippen molar-refractivity contribution in [1.29, 1.82) is 0 Å². The number of aliphatic hydroxyl groups excluding tert-OH is 1. The van der Waals surface area contributed by atoms with Crippen LogP contribution in [0.25, 0.3) is 0 Å². The molecule has 1 N–H and O–H groups in total. The topological polar surface area (TPSA) is 23.5 Å². The van der Waals surface area contributed by atoms with E-state index in [0.29, 0.717) is 5.92 Å². The lowest BCUT2D eigenvalue weighted by Crippen LogP contribution is -2.51. The molecule has 1 fully saturated rings. The first-order valence-electron chi connectivity index (χ1n) is 6.58. The standard InChI is InChI=1S/C15H22ClNO/c1-11-4-5-13(16)8-14(11)17-9-12(10-18)6-7-15(17,2)3/h4-5,8,12,18H,6-7,9-10H2,1-3H3. The van der Waals surface area contributed by atoms with E-state index in [1.165, 1.54) is 11.3 Å². The Morgan fingerprint density at radius 3 is 2.83 bits per heavy atom. The van der Waals surface area contributed by atoms with Gasteiger partial charge in [0.15, 0.2) is 0 Å². The zero-order valence-electron chi connectivity index (χ0n) is 11.4. The molecular formula is C15H22ClNO. The highest BCUT2D eigenvalue weighted by Crippen LogP contribution is 2.37. The van der Waals surface area contributed by atoms with E-state index in [4.69, 9.17) is 11.6 Å². The molecule has 0 radical (unpaired) electrons. The molecule has 1 aliphatic heterocycles. The monoisotopic (exact) mass is 267 g/mol. The molecule has 1 unspecified atom stereocenters. The number of halogens is 1. The van der Waals surface area contributed by atoms with E-state index in [1.807, 2.05) is 12.1 Å². The Morgan fingerprint density at radius 1 is 1.44 bits per heavy atom. The van der Waals surface area contributed by atoms with Crippen molar-refractivity contribution in [2.45, 2.75) is 39.2 Å². The third-order valence-corrected chi connectivity index (χ3v) is 4.29. The van der Waals surface area contributed by atoms with E-state index >= 15 is 0 Å². The number of anilines is 1. The lowest BCUT2D eigenvalue weighted by Gasteiger charge is -2.47. The predicted octanol–water partition coefficient (Wildman–Crippen LogP) is 3.64. The van der Waals surface area contributed by atoms with Crippen molar-refractivity contribution in [2.75, 3.05) is 18.1 Å². The molecule has 1 aliphatic rings. The minimum absolute atomic E-state index is 0.126. The summed E-state index contributed by atoms with van der Waals surface area (Å²) < 4.78 is 0. The lowest BCUT2D eigenvalue weighted by molar-refractivity contribution is 0.181. The average Bonchev–Trinajstić information content (AvgIpc) is 2.32. The van der Waals surface area contributed by atoms with Crippen molar-refractivity contribution < 1.29 is 5.11 Å². The summed E-state index contributed by atoms with van der Waals surface area (Å²) in [7, 11) is 0. The molecule has 2 rings (SSSR count). The Kier molecular flexibility index (Phi) is 3.88. The summed E-state index contributed by atoms with van der Waals surface area (Å²) in [6.07, 6.45) is 2.20. The highest BCUT2D eigenvalue weighted by molar-refractivity contribution is 6.30. The van der Waals surface area contributed by atoms with E-state index in [9.17, 15) is 5.11 Å². The second-order valence-corrected chi connectivity index (χ2v) is 6.38. The van der Waals surface area contributed by atoms with Crippen molar-refractivity contribution in [3.63, 3.8) is 0 Å². The highest BCUT2D eigenvalue weighted by Gasteiger charge is 2.34. The zero-order chi connectivity index (χ0) is 13.3. The Morgan fingerprint density at radius 2 is 2.17 bits per heavy atom. The number of rotatable bonds is 2. The predicted molar refractivity (Wildman–Crippen MR) is 77.4 cm³/mol. The maximum absolute atomic E-state index is 9.40. The summed E-state index contributed by atoms with van der Waals surface area (Å²) in [6.45, 7) is 7.82. The van der Waals surface area contributed by atoms with E-state index in [-0.39, 0.29) is 12.1 Å². The van der Waals surface area contributed by atoms with Crippen LogP contribution in [-0.2, 0) is 0 Å². The fourth-order valence-electron chi connectivity index (χ4n) is 2.74. The van der Waals surface area contributed by atoms with E-state index in [1.54, 1.807) is 0 Å². The summed E-state index contributed by atoms with van der Waals surface area (Å²) in [5, 5.41) is 10.2. The SMILES string of the molecule is Cc1ccc(Cl)cc1N1CC(CO)CCC1(C)C. The number of aryl methyl sites for hydroxylation is 1. The molecule has 1 aromatic rings. The summed E-state index contributed by atoms with van der Waals surface area (Å²) >= 11 is 6.12. The second-order valence-electron chi connectivity index (χ2n) is 5.94. The van der Waals surface area contributed by atoms with Gasteiger partial charge < -0.3 is 10.0 Å². The van der Waals surface area contributed by atoms with Crippen LogP contribution in [0.2, 0.25) is 5.02 Å². The number of benzene rings is 1. The quantitative estimate of drug-likeness (QED) is 0.884. The minimum Gasteiger partial charge on any atom is -0.396 e. The van der Waals surface area contributed by atoms with E-state index < -0.39 is 0 Å². The van der Waals surface area contributed by atoms with Gasteiger partial charge in [0, 0.05) is 29.4 Å². The maximum Gasteiger partial charge on any atom is 0.0476 e. The van der Waals surface area contributed by atoms with Crippen LogP contribution in [0.5, 0.6) is 0 Å². The Bertz CT molecular complexity index is 431. The third-order valence-electron chi connectivity index (χ3n) is 4.06. The van der Waals surface area contributed by atoms with Crippen LogP contribution in [0.3, 0.4) is 0 Å². The molecule has 1 aromatic carbocycles. The van der Waals surface area contributed by atoms with Crippen LogP contribution in [0.1, 0.15) is 32.3 Å². The van der Waals surface area contributed by atoms with Gasteiger partial charge in [-0.05, 0) is 57.2 Å². The van der Waals surface area contributed by atoms with Crippen LogP contribution in [0.15, 0.2) is 18.2 Å². The maximum atomic E-state index is 9.40. The van der Waals surface area contributed by atoms with Gasteiger partial charge in [0.25, 0.3) is 0 Å². The summed E-state index contributed by atoms with van der Waals surface area (Å²) in [5.41, 5.74) is 2.57. The highest BCUT2D eigenvalue weighted by atomic mass is 35.5. The first-order valence-corrected chi connectivity index (χ1v) is 6.96. The molecule has 0 aliphatic carbocycles. The average molecular weight is 268 g/mol. The number of hydrogen-bond acceptors (Lipinski definition) is 2. The van der Waals surface area contributed by atoms with Gasteiger partial charge in [-0.15, -0.1) is 0 Å². The van der Waals surface area contributed by atoms with Gasteiger partial charge in [0.05, 0.1) is 0 Å². The van der Waals surface area contributed by atoms with Gasteiger partial charge in [0.1, 0.15) is 0 Å². The van der Waals surface area contributed by atoms with Gasteiger partial charge in [-0.3, -0.25) is 0 Å². The second kappa shape index (κ2) is 5.10. The molecule has 0 bridgehead atoms. The Balaban J connectivity index is 2.36. The molecule has 0 aromatic heterocycles. The molecular weight excluding hydrogens is 246 g/mol. The molecule has 18 heavy (non-hydrogen) atoms. The molecule has 100 valence electrons. The lowest BCUT2D eigenvalue weighted by atomic mass is 9.84. The van der Waals surface area contributed by atoms with Crippen LogP contribution in [0, 0.1) is 12.8 Å². The van der Waals surface area contributed by atoms with Crippen LogP contribution < -0.4 is 4.90 Å². The molecule has 0 spiro atoms. The van der Waals surface area contributed by atoms with E-state index in [2.05, 4.69) is 31.7 Å². The van der Waals surface area contributed by atoms with Crippen LogP contribution in [-0.4, -0.2) is 23.8 Å². The van der Waals surface area contributed by atoms with Gasteiger partial charge in [-0.2, -0.15) is 0 Å². The van der Waals surface area contributed by atoms with Crippen molar-refractivity contribution in [2.24, 2.45) is 5.92 Å². The smallest absolute Gasteiger partial charge is 0.0476 e. The zero-order valence-corrected chi connectivity index (χ0v) is 12.2. The Hall–Kier alpha value is -0.730. The first kappa shape index (κ1) is 13.7. The van der Waals surface area contributed by atoms with Gasteiger partial charge >= 0.3 is 0 Å². The summed E-state index contributed by atoms with van der Waals surface area (Å²) in [6, 6.07) is 6.04. The summed E-state index contributed by atoms with van der Waals surface area (Å²) in [5.74, 6) is 0.372. The molecule has 2 nitrogen and oxygen atoms in total. The number of nitrogens with zero attached hydrogens (tertiary/aromatic N) is 1. The largest absolute Gasteiger partial charge is 0.396 e. The first-order chi connectivity index (χ1) is 8.44. The molecule has 1 heterocycles. The van der Waals surface area contributed by atoms with E-state index in [0.717, 1.165) is 24.4 Å². The van der Waals surface area contributed by atoms with Crippen molar-refractivity contribution in [1.82, 2.24) is 0 Å². The molecule has 0 amide bonds. The number of hydrogen-bond donors (Lipinski definition) is 1. The van der Waals surface area contributed by atoms with Crippen molar-refractivity contribution in [3.05, 3.63) is 28.8 Å². The minimum atomic E-state index is 0.126. The normalized spacial score (nSPS) is 23.2. The van der Waals surface area contributed by atoms with Gasteiger partial charge in [0.2, 0.25) is 0 Å². The Labute approximate surface area is 115 Å². The molecule has 1 saturated heterocycles. The number of aliphatic hydroxyl groups is 1. The summed E-state index contributed by atoms with van der Waals surface area (Å²) in [4.78, 5) is 2.40. The van der Waals surface area contributed by atoms with Crippen LogP contribution in [0.4, 0.5) is 5.69 Å². The molecule has 1 atom stereocenters. The third kappa shape index (κ3) is 2.65. The number of piperidine rings is 1. The van der Waals surface area contributed by atoms with Gasteiger partial charge in [-0.1, -0.05) is 17.7 Å². The van der Waals surface area contributed by atoms with Crippen LogP contribution >= 0.6 is 11.6 Å². The molecule has 0 saturated carbocycles.